The van der Waals surface area contributed by atoms with Crippen LogP contribution in [0.1, 0.15) is 11.4 Å². The summed E-state index contributed by atoms with van der Waals surface area (Å²) in [5.74, 6) is 0.892. The van der Waals surface area contributed by atoms with Gasteiger partial charge in [0.1, 0.15) is 10.8 Å². The maximum Gasteiger partial charge on any atom is 0.161 e. The van der Waals surface area contributed by atoms with Crippen LogP contribution in [0.2, 0.25) is 0 Å². The lowest BCUT2D eigenvalue weighted by Gasteiger charge is -2.09. The molecular weight excluding hydrogens is 330 g/mol. The maximum atomic E-state index is 4.53. The molecule has 0 fully saturated rings. The number of hydrogen-bond donors (Lipinski definition) is 0. The monoisotopic (exact) mass is 345 g/mol. The second-order valence-corrected chi connectivity index (χ2v) is 6.88. The van der Waals surface area contributed by atoms with Crippen LogP contribution in [-0.4, -0.2) is 24.1 Å². The minimum atomic E-state index is 0.798. The third-order valence-corrected chi connectivity index (χ3v) is 5.23. The van der Waals surface area contributed by atoms with E-state index in [9.17, 15) is 0 Å². The lowest BCUT2D eigenvalue weighted by atomic mass is 10.2. The molecule has 1 aromatic carbocycles. The molecule has 4 heterocycles. The summed E-state index contributed by atoms with van der Waals surface area (Å²) in [6, 6.07) is 16.8. The van der Waals surface area contributed by atoms with Crippen molar-refractivity contribution < 1.29 is 0 Å². The first-order valence-electron chi connectivity index (χ1n) is 8.09. The summed E-state index contributed by atoms with van der Waals surface area (Å²) < 4.78 is 4.43. The molecule has 0 radical (unpaired) electrons. The van der Waals surface area contributed by atoms with Crippen LogP contribution in [0.5, 0.6) is 0 Å². The molecule has 4 aromatic heterocycles. The summed E-state index contributed by atoms with van der Waals surface area (Å²) in [6.07, 6.45) is 1.85. The molecule has 25 heavy (non-hydrogen) atoms. The van der Waals surface area contributed by atoms with Gasteiger partial charge in [-0.05, 0) is 30.7 Å². The molecule has 5 rings (SSSR count). The van der Waals surface area contributed by atoms with Gasteiger partial charge in [0, 0.05) is 18.1 Å². The van der Waals surface area contributed by atoms with Crippen LogP contribution in [0, 0.1) is 6.92 Å². The highest BCUT2D eigenvalue weighted by Crippen LogP contribution is 2.31. The van der Waals surface area contributed by atoms with Crippen molar-refractivity contribution in [2.24, 2.45) is 0 Å². The van der Waals surface area contributed by atoms with Crippen LogP contribution < -0.4 is 0 Å². The summed E-state index contributed by atoms with van der Waals surface area (Å²) >= 11 is 1.66. The Kier molecular flexibility index (Phi) is 3.18. The minimum Gasteiger partial charge on any atom is -0.333 e. The number of fused-ring (bicyclic) bond motifs is 3. The fraction of sp³-hybridized carbons (Fsp3) is 0.105. The molecule has 0 aliphatic heterocycles. The van der Waals surface area contributed by atoms with Gasteiger partial charge in [0.05, 0.1) is 16.7 Å². The summed E-state index contributed by atoms with van der Waals surface area (Å²) in [5, 5.41) is 11.5. The fourth-order valence-electron chi connectivity index (χ4n) is 3.31. The van der Waals surface area contributed by atoms with Gasteiger partial charge in [0.25, 0.3) is 0 Å². The summed E-state index contributed by atoms with van der Waals surface area (Å²) in [7, 11) is 0. The van der Waals surface area contributed by atoms with Gasteiger partial charge in [-0.25, -0.2) is 4.98 Å². The van der Waals surface area contributed by atoms with Gasteiger partial charge >= 0.3 is 0 Å². The highest BCUT2D eigenvalue weighted by atomic mass is 32.1. The average Bonchev–Trinajstić information content (AvgIpc) is 3.35. The zero-order valence-electron chi connectivity index (χ0n) is 13.6. The molecule has 122 valence electrons. The molecule has 0 aliphatic carbocycles. The number of aryl methyl sites for hydroxylation is 1. The average molecular weight is 345 g/mol. The van der Waals surface area contributed by atoms with Crippen molar-refractivity contribution in [3.05, 3.63) is 71.5 Å². The number of aromatic nitrogens is 5. The first-order valence-corrected chi connectivity index (χ1v) is 8.97. The molecule has 5 aromatic rings. The van der Waals surface area contributed by atoms with Crippen LogP contribution in [0.4, 0.5) is 0 Å². The topological polar surface area (TPSA) is 48.0 Å². The van der Waals surface area contributed by atoms with Crippen molar-refractivity contribution in [2.75, 3.05) is 0 Å². The molecule has 0 spiro atoms. The van der Waals surface area contributed by atoms with Gasteiger partial charge in [0.15, 0.2) is 5.65 Å². The Morgan fingerprint density at radius 1 is 1.00 bits per heavy atom. The standard InChI is InChI=1S/C19H15N5S/c1-13-21-22-18-8-7-15-16(24(13)18)11-17(19-20-9-10-25-19)23(15)12-14-5-3-2-4-6-14/h2-11H,12H2,1H3. The second-order valence-electron chi connectivity index (χ2n) is 5.98. The molecule has 0 atom stereocenters. The van der Waals surface area contributed by atoms with Gasteiger partial charge in [-0.2, -0.15) is 0 Å². The van der Waals surface area contributed by atoms with Crippen molar-refractivity contribution >= 4 is 28.0 Å². The number of nitrogens with zero attached hydrogens (tertiary/aromatic N) is 5. The minimum absolute atomic E-state index is 0.798. The SMILES string of the molecule is Cc1nnc2ccc3c(cc(-c4nccs4)n3Cc3ccccc3)n12. The van der Waals surface area contributed by atoms with Gasteiger partial charge in [0.2, 0.25) is 0 Å². The third kappa shape index (κ3) is 2.26. The van der Waals surface area contributed by atoms with Crippen molar-refractivity contribution in [1.29, 1.82) is 0 Å². The van der Waals surface area contributed by atoms with E-state index in [1.165, 1.54) is 5.56 Å². The first-order chi connectivity index (χ1) is 12.3. The maximum absolute atomic E-state index is 4.53. The Bertz CT molecular complexity index is 1170. The number of hydrogen-bond acceptors (Lipinski definition) is 4. The highest BCUT2D eigenvalue weighted by molar-refractivity contribution is 7.13. The Balaban J connectivity index is 1.82. The van der Waals surface area contributed by atoms with Crippen LogP contribution in [0.25, 0.3) is 27.4 Å². The van der Waals surface area contributed by atoms with E-state index in [1.807, 2.05) is 30.6 Å². The molecule has 0 amide bonds. The Hall–Kier alpha value is -2.99. The second kappa shape index (κ2) is 5.53. The molecule has 0 aliphatic rings. The Labute approximate surface area is 148 Å². The van der Waals surface area contributed by atoms with Crippen molar-refractivity contribution in [2.45, 2.75) is 13.5 Å². The predicted octanol–water partition coefficient (Wildman–Crippen LogP) is 4.16. The normalized spacial score (nSPS) is 11.6. The largest absolute Gasteiger partial charge is 0.333 e. The van der Waals surface area contributed by atoms with Crippen LogP contribution in [0.15, 0.2) is 60.1 Å². The van der Waals surface area contributed by atoms with E-state index in [0.717, 1.165) is 39.8 Å². The lowest BCUT2D eigenvalue weighted by Crippen LogP contribution is -2.02. The van der Waals surface area contributed by atoms with E-state index in [0.29, 0.717) is 0 Å². The molecule has 0 bridgehead atoms. The van der Waals surface area contributed by atoms with Gasteiger partial charge < -0.3 is 4.57 Å². The van der Waals surface area contributed by atoms with E-state index < -0.39 is 0 Å². The van der Waals surface area contributed by atoms with Crippen molar-refractivity contribution in [3.63, 3.8) is 0 Å². The zero-order chi connectivity index (χ0) is 16.8. The highest BCUT2D eigenvalue weighted by Gasteiger charge is 2.16. The molecule has 0 saturated carbocycles. The van der Waals surface area contributed by atoms with Crippen molar-refractivity contribution in [3.8, 4) is 10.7 Å². The van der Waals surface area contributed by atoms with E-state index in [1.54, 1.807) is 11.3 Å². The Morgan fingerprint density at radius 2 is 1.88 bits per heavy atom. The van der Waals surface area contributed by atoms with Gasteiger partial charge in [-0.3, -0.25) is 4.40 Å². The molecular formula is C19H15N5S. The number of thiazole rings is 1. The van der Waals surface area contributed by atoms with Gasteiger partial charge in [-0.15, -0.1) is 21.5 Å². The number of benzene rings is 1. The molecule has 5 nitrogen and oxygen atoms in total. The fourth-order valence-corrected chi connectivity index (χ4v) is 3.97. The summed E-state index contributed by atoms with van der Waals surface area (Å²) in [5.41, 5.74) is 5.52. The zero-order valence-corrected chi connectivity index (χ0v) is 14.4. The Morgan fingerprint density at radius 3 is 2.68 bits per heavy atom. The smallest absolute Gasteiger partial charge is 0.161 e. The summed E-state index contributed by atoms with van der Waals surface area (Å²) in [6.45, 7) is 2.78. The van der Waals surface area contributed by atoms with E-state index in [4.69, 9.17) is 0 Å². The predicted molar refractivity (Wildman–Crippen MR) is 99.9 cm³/mol. The quantitative estimate of drug-likeness (QED) is 0.493. The molecule has 0 N–H and O–H groups in total. The number of pyridine rings is 1. The number of rotatable bonds is 3. The third-order valence-electron chi connectivity index (χ3n) is 4.43. The lowest BCUT2D eigenvalue weighted by molar-refractivity contribution is 0.843. The van der Waals surface area contributed by atoms with E-state index in [-0.39, 0.29) is 0 Å². The first kappa shape index (κ1) is 14.4. The van der Waals surface area contributed by atoms with E-state index >= 15 is 0 Å². The molecule has 6 heteroatoms. The van der Waals surface area contributed by atoms with Crippen LogP contribution >= 0.6 is 11.3 Å². The molecule has 0 saturated heterocycles. The summed E-state index contributed by atoms with van der Waals surface area (Å²) in [4.78, 5) is 4.53. The van der Waals surface area contributed by atoms with Crippen LogP contribution in [-0.2, 0) is 6.54 Å². The van der Waals surface area contributed by atoms with Gasteiger partial charge in [-0.1, -0.05) is 30.3 Å². The van der Waals surface area contributed by atoms with Crippen molar-refractivity contribution in [1.82, 2.24) is 24.1 Å². The van der Waals surface area contributed by atoms with Crippen LogP contribution in [0.3, 0.4) is 0 Å². The van der Waals surface area contributed by atoms with E-state index in [2.05, 4.69) is 60.5 Å². The molecule has 0 unspecified atom stereocenters.